The molecule has 1 saturated heterocycles. The zero-order valence-corrected chi connectivity index (χ0v) is 18.0. The molecule has 0 N–H and O–H groups in total. The van der Waals surface area contributed by atoms with Gasteiger partial charge >= 0.3 is 6.18 Å². The molecule has 162 valence electrons. The monoisotopic (exact) mass is 448 g/mol. The molecule has 2 aromatic rings. The topological polar surface area (TPSA) is 69.5 Å². The van der Waals surface area contributed by atoms with Crippen LogP contribution in [0.4, 0.5) is 24.5 Å². The van der Waals surface area contributed by atoms with Crippen LogP contribution in [-0.2, 0) is 11.0 Å². The maximum Gasteiger partial charge on any atom is 0.419 e. The summed E-state index contributed by atoms with van der Waals surface area (Å²) in [7, 11) is 0. The minimum Gasteiger partial charge on any atom is -0.491 e. The Morgan fingerprint density at radius 3 is 2.32 bits per heavy atom. The highest BCUT2D eigenvalue weighted by Crippen LogP contribution is 2.39. The lowest BCUT2D eigenvalue weighted by Gasteiger charge is -2.29. The van der Waals surface area contributed by atoms with Gasteiger partial charge in [-0.1, -0.05) is 0 Å². The number of halogens is 3. The molecule has 31 heavy (non-hydrogen) atoms. The summed E-state index contributed by atoms with van der Waals surface area (Å²) >= 11 is 5.48. The number of benzene rings is 1. The van der Waals surface area contributed by atoms with Crippen LogP contribution in [0.1, 0.15) is 39.0 Å². The number of nitriles is 1. The summed E-state index contributed by atoms with van der Waals surface area (Å²) in [5.41, 5.74) is -2.74. The molecule has 0 unspecified atom stereocenters. The fraction of sp³-hybridized carbons (Fsp3) is 0.333. The van der Waals surface area contributed by atoms with E-state index in [0.717, 1.165) is 17.2 Å². The average molecular weight is 448 g/mol. The number of rotatable bonds is 4. The molecule has 0 atom stereocenters. The third-order valence-electron chi connectivity index (χ3n) is 4.68. The molecule has 1 aliphatic heterocycles. The van der Waals surface area contributed by atoms with Crippen molar-refractivity contribution in [2.75, 3.05) is 9.80 Å². The first-order valence-electron chi connectivity index (χ1n) is 9.30. The SMILES string of the molecule is CC(C)Oc1ccc(N2C(=S)N(c3cnc(C#N)c(C(F)(F)F)c3)C(=O)C2(C)C)cc1. The van der Waals surface area contributed by atoms with Crippen molar-refractivity contribution < 1.29 is 22.7 Å². The number of carbonyl (C=O) groups excluding carboxylic acids is 1. The highest BCUT2D eigenvalue weighted by atomic mass is 32.1. The zero-order chi connectivity index (χ0) is 23.1. The molecule has 0 aliphatic carbocycles. The summed E-state index contributed by atoms with van der Waals surface area (Å²) in [6.07, 6.45) is -3.78. The first kappa shape index (κ1) is 22.5. The Balaban J connectivity index is 2.03. The largest absolute Gasteiger partial charge is 0.491 e. The lowest BCUT2D eigenvalue weighted by Crippen LogP contribution is -2.44. The van der Waals surface area contributed by atoms with Crippen molar-refractivity contribution in [1.82, 2.24) is 4.98 Å². The lowest BCUT2D eigenvalue weighted by molar-refractivity contribution is -0.138. The quantitative estimate of drug-likeness (QED) is 0.633. The molecule has 3 rings (SSSR count). The predicted octanol–water partition coefficient (Wildman–Crippen LogP) is 4.68. The van der Waals surface area contributed by atoms with Gasteiger partial charge < -0.3 is 9.64 Å². The van der Waals surface area contributed by atoms with Gasteiger partial charge in [-0.05, 0) is 70.2 Å². The Kier molecular flexibility index (Phi) is 5.67. The number of amides is 1. The second kappa shape index (κ2) is 7.81. The summed E-state index contributed by atoms with van der Waals surface area (Å²) in [5, 5.41) is 8.96. The van der Waals surface area contributed by atoms with Gasteiger partial charge in [0.2, 0.25) is 0 Å². The number of ether oxygens (including phenoxy) is 1. The molecule has 1 aromatic heterocycles. The van der Waals surface area contributed by atoms with Crippen LogP contribution in [0.2, 0.25) is 0 Å². The van der Waals surface area contributed by atoms with E-state index in [-0.39, 0.29) is 16.9 Å². The van der Waals surface area contributed by atoms with E-state index < -0.39 is 28.9 Å². The second-order valence-electron chi connectivity index (χ2n) is 7.68. The molecule has 0 bridgehead atoms. The van der Waals surface area contributed by atoms with Crippen LogP contribution in [0.15, 0.2) is 36.5 Å². The van der Waals surface area contributed by atoms with Crippen molar-refractivity contribution in [3.8, 4) is 11.8 Å². The van der Waals surface area contributed by atoms with Crippen LogP contribution in [0.25, 0.3) is 0 Å². The van der Waals surface area contributed by atoms with Gasteiger partial charge in [-0.2, -0.15) is 18.4 Å². The Morgan fingerprint density at radius 1 is 1.19 bits per heavy atom. The van der Waals surface area contributed by atoms with Crippen LogP contribution >= 0.6 is 12.2 Å². The number of thiocarbonyl (C=S) groups is 1. The highest BCUT2D eigenvalue weighted by molar-refractivity contribution is 7.81. The van der Waals surface area contributed by atoms with E-state index in [0.29, 0.717) is 11.4 Å². The van der Waals surface area contributed by atoms with E-state index >= 15 is 0 Å². The second-order valence-corrected chi connectivity index (χ2v) is 8.04. The van der Waals surface area contributed by atoms with E-state index in [2.05, 4.69) is 4.98 Å². The van der Waals surface area contributed by atoms with Gasteiger partial charge in [0, 0.05) is 5.69 Å². The van der Waals surface area contributed by atoms with Crippen LogP contribution in [0.3, 0.4) is 0 Å². The number of hydrogen-bond donors (Lipinski definition) is 0. The van der Waals surface area contributed by atoms with E-state index in [1.54, 1.807) is 43.0 Å². The van der Waals surface area contributed by atoms with Gasteiger partial charge in [-0.3, -0.25) is 9.69 Å². The molecule has 6 nitrogen and oxygen atoms in total. The molecule has 0 radical (unpaired) electrons. The molecule has 1 amide bonds. The number of alkyl halides is 3. The fourth-order valence-corrected chi connectivity index (χ4v) is 3.81. The van der Waals surface area contributed by atoms with Crippen LogP contribution in [-0.4, -0.2) is 27.6 Å². The van der Waals surface area contributed by atoms with Crippen LogP contribution in [0, 0.1) is 11.3 Å². The molecule has 1 aliphatic rings. The van der Waals surface area contributed by atoms with Gasteiger partial charge in [0.25, 0.3) is 5.91 Å². The first-order valence-corrected chi connectivity index (χ1v) is 9.71. The molecule has 1 aromatic carbocycles. The maximum atomic E-state index is 13.4. The van der Waals surface area contributed by atoms with Gasteiger partial charge in [-0.15, -0.1) is 0 Å². The number of aromatic nitrogens is 1. The van der Waals surface area contributed by atoms with E-state index in [1.165, 1.54) is 6.07 Å². The molecular formula is C21H19F3N4O2S. The molecule has 1 fully saturated rings. The minimum atomic E-state index is -4.81. The molecule has 0 spiro atoms. The Hall–Kier alpha value is -3.19. The van der Waals surface area contributed by atoms with Crippen molar-refractivity contribution in [2.45, 2.75) is 45.5 Å². The molecule has 0 saturated carbocycles. The third kappa shape index (κ3) is 4.05. The van der Waals surface area contributed by atoms with Gasteiger partial charge in [-0.25, -0.2) is 4.98 Å². The van der Waals surface area contributed by atoms with E-state index in [1.807, 2.05) is 13.8 Å². The number of anilines is 2. The standard InChI is InChI=1S/C21H19F3N4O2S/c1-12(2)30-15-7-5-13(6-8-15)28-19(31)27(18(29)20(28,3)4)14-9-16(21(22,23)24)17(10-25)26-11-14/h5-9,11-12H,1-4H3. The molecule has 10 heteroatoms. The predicted molar refractivity (Wildman–Crippen MR) is 113 cm³/mol. The maximum absolute atomic E-state index is 13.4. The van der Waals surface area contributed by atoms with Crippen LogP contribution in [0.5, 0.6) is 5.75 Å². The number of hydrogen-bond acceptors (Lipinski definition) is 5. The van der Waals surface area contributed by atoms with Crippen molar-refractivity contribution in [2.24, 2.45) is 0 Å². The molecule has 2 heterocycles. The Morgan fingerprint density at radius 2 is 1.81 bits per heavy atom. The zero-order valence-electron chi connectivity index (χ0n) is 17.2. The summed E-state index contributed by atoms with van der Waals surface area (Å²) < 4.78 is 45.7. The average Bonchev–Trinajstić information content (AvgIpc) is 2.85. The van der Waals surface area contributed by atoms with E-state index in [4.69, 9.17) is 22.2 Å². The van der Waals surface area contributed by atoms with Gasteiger partial charge in [0.05, 0.1) is 23.6 Å². The fourth-order valence-electron chi connectivity index (χ4n) is 3.28. The summed E-state index contributed by atoms with van der Waals surface area (Å²) in [4.78, 5) is 19.3. The minimum absolute atomic E-state index is 0.00663. The highest BCUT2D eigenvalue weighted by Gasteiger charge is 2.50. The summed E-state index contributed by atoms with van der Waals surface area (Å²) in [5.74, 6) is 0.121. The van der Waals surface area contributed by atoms with Crippen molar-refractivity contribution in [3.63, 3.8) is 0 Å². The third-order valence-corrected chi connectivity index (χ3v) is 5.04. The summed E-state index contributed by atoms with van der Waals surface area (Å²) in [6, 6.07) is 9.04. The van der Waals surface area contributed by atoms with Crippen molar-refractivity contribution >= 4 is 34.6 Å². The van der Waals surface area contributed by atoms with Crippen LogP contribution < -0.4 is 14.5 Å². The lowest BCUT2D eigenvalue weighted by atomic mass is 10.0. The molecular weight excluding hydrogens is 429 g/mol. The Bertz CT molecular complexity index is 1080. The van der Waals surface area contributed by atoms with Crippen molar-refractivity contribution in [3.05, 3.63) is 47.8 Å². The van der Waals surface area contributed by atoms with Gasteiger partial charge in [0.15, 0.2) is 10.8 Å². The number of nitrogens with zero attached hydrogens (tertiary/aromatic N) is 4. The summed E-state index contributed by atoms with van der Waals surface area (Å²) in [6.45, 7) is 7.04. The van der Waals surface area contributed by atoms with E-state index in [9.17, 15) is 18.0 Å². The Labute approximate surface area is 182 Å². The number of pyridine rings is 1. The van der Waals surface area contributed by atoms with Crippen molar-refractivity contribution in [1.29, 1.82) is 5.26 Å². The van der Waals surface area contributed by atoms with Gasteiger partial charge in [0.1, 0.15) is 17.4 Å². The first-order chi connectivity index (χ1) is 14.4. The number of carbonyl (C=O) groups is 1. The smallest absolute Gasteiger partial charge is 0.419 e. The normalized spacial score (nSPS) is 16.1.